The van der Waals surface area contributed by atoms with E-state index in [2.05, 4.69) is 10.4 Å². The lowest BCUT2D eigenvalue weighted by atomic mass is 10.3. The molecule has 1 atom stereocenters. The standard InChI is InChI=1S/C11H13N3O3/c1-8(7-14-6-2-5-12-14)13-10-4-3-9(17-10)11(15)16/h2-6,8,13H,7H2,1H3,(H,15,16). The molecule has 6 heteroatoms. The number of nitrogens with one attached hydrogen (secondary N) is 1. The molecule has 0 fully saturated rings. The van der Waals surface area contributed by atoms with Crippen molar-refractivity contribution in [1.29, 1.82) is 0 Å². The summed E-state index contributed by atoms with van der Waals surface area (Å²) in [6.45, 7) is 2.64. The van der Waals surface area contributed by atoms with Crippen LogP contribution in [0.2, 0.25) is 0 Å². The number of nitrogens with zero attached hydrogens (tertiary/aromatic N) is 2. The normalized spacial score (nSPS) is 12.3. The van der Waals surface area contributed by atoms with Crippen LogP contribution in [0.15, 0.2) is 35.0 Å². The van der Waals surface area contributed by atoms with Crippen molar-refractivity contribution in [2.24, 2.45) is 0 Å². The van der Waals surface area contributed by atoms with E-state index in [4.69, 9.17) is 9.52 Å². The van der Waals surface area contributed by atoms with E-state index >= 15 is 0 Å². The van der Waals surface area contributed by atoms with E-state index in [1.165, 1.54) is 6.07 Å². The number of furan rings is 1. The molecule has 2 aromatic rings. The Balaban J connectivity index is 1.93. The molecule has 2 aromatic heterocycles. The maximum Gasteiger partial charge on any atom is 0.371 e. The number of rotatable bonds is 5. The molecule has 2 rings (SSSR count). The fourth-order valence-electron chi connectivity index (χ4n) is 1.51. The fraction of sp³-hybridized carbons (Fsp3) is 0.273. The zero-order valence-electron chi connectivity index (χ0n) is 9.33. The Labute approximate surface area is 97.9 Å². The topological polar surface area (TPSA) is 80.3 Å². The van der Waals surface area contributed by atoms with Crippen LogP contribution >= 0.6 is 0 Å². The first-order chi connectivity index (χ1) is 8.15. The van der Waals surface area contributed by atoms with E-state index in [1.54, 1.807) is 16.9 Å². The molecule has 0 saturated heterocycles. The van der Waals surface area contributed by atoms with Gasteiger partial charge in [0.15, 0.2) is 5.88 Å². The van der Waals surface area contributed by atoms with Crippen molar-refractivity contribution >= 4 is 11.9 Å². The van der Waals surface area contributed by atoms with Crippen molar-refractivity contribution in [2.75, 3.05) is 5.32 Å². The summed E-state index contributed by atoms with van der Waals surface area (Å²) in [7, 11) is 0. The average molecular weight is 235 g/mol. The lowest BCUT2D eigenvalue weighted by molar-refractivity contribution is 0.0663. The number of aromatic nitrogens is 2. The monoisotopic (exact) mass is 235 g/mol. The van der Waals surface area contributed by atoms with Gasteiger partial charge in [0.25, 0.3) is 0 Å². The molecule has 0 aliphatic heterocycles. The molecule has 0 aromatic carbocycles. The van der Waals surface area contributed by atoms with Crippen LogP contribution < -0.4 is 5.32 Å². The highest BCUT2D eigenvalue weighted by molar-refractivity contribution is 5.84. The molecule has 0 radical (unpaired) electrons. The van der Waals surface area contributed by atoms with Gasteiger partial charge in [0, 0.05) is 24.5 Å². The van der Waals surface area contributed by atoms with Gasteiger partial charge in [0.05, 0.1) is 6.54 Å². The summed E-state index contributed by atoms with van der Waals surface area (Å²) in [5.74, 6) is -0.696. The molecule has 2 N–H and O–H groups in total. The van der Waals surface area contributed by atoms with Crippen LogP contribution in [0.5, 0.6) is 0 Å². The third-order valence-electron chi connectivity index (χ3n) is 2.23. The minimum atomic E-state index is -1.07. The van der Waals surface area contributed by atoms with Gasteiger partial charge in [0.2, 0.25) is 5.76 Å². The van der Waals surface area contributed by atoms with Gasteiger partial charge in [-0.2, -0.15) is 5.10 Å². The van der Waals surface area contributed by atoms with E-state index in [1.807, 2.05) is 19.2 Å². The first-order valence-electron chi connectivity index (χ1n) is 5.22. The van der Waals surface area contributed by atoms with Crippen molar-refractivity contribution in [3.8, 4) is 0 Å². The van der Waals surface area contributed by atoms with E-state index in [9.17, 15) is 4.79 Å². The lowest BCUT2D eigenvalue weighted by Gasteiger charge is -2.12. The van der Waals surface area contributed by atoms with Crippen LogP contribution in [-0.2, 0) is 6.54 Å². The Morgan fingerprint density at radius 1 is 1.65 bits per heavy atom. The van der Waals surface area contributed by atoms with Gasteiger partial charge < -0.3 is 14.8 Å². The van der Waals surface area contributed by atoms with Crippen LogP contribution in [0, 0.1) is 0 Å². The third-order valence-corrected chi connectivity index (χ3v) is 2.23. The highest BCUT2D eigenvalue weighted by Gasteiger charge is 2.10. The minimum Gasteiger partial charge on any atom is -0.475 e. The lowest BCUT2D eigenvalue weighted by Crippen LogP contribution is -2.21. The molecule has 17 heavy (non-hydrogen) atoms. The summed E-state index contributed by atoms with van der Waals surface area (Å²) in [5.41, 5.74) is 0. The quantitative estimate of drug-likeness (QED) is 0.824. The van der Waals surface area contributed by atoms with Crippen molar-refractivity contribution in [3.63, 3.8) is 0 Å². The highest BCUT2D eigenvalue weighted by atomic mass is 16.4. The maximum atomic E-state index is 10.6. The van der Waals surface area contributed by atoms with Gasteiger partial charge in [-0.1, -0.05) is 0 Å². The van der Waals surface area contributed by atoms with Gasteiger partial charge in [-0.3, -0.25) is 4.68 Å². The van der Waals surface area contributed by atoms with Gasteiger partial charge in [-0.25, -0.2) is 4.79 Å². The maximum absolute atomic E-state index is 10.6. The Bertz CT molecular complexity index is 490. The molecule has 2 heterocycles. The van der Waals surface area contributed by atoms with Crippen LogP contribution in [0.25, 0.3) is 0 Å². The summed E-state index contributed by atoms with van der Waals surface area (Å²) >= 11 is 0. The van der Waals surface area contributed by atoms with Crippen LogP contribution in [0.3, 0.4) is 0 Å². The first kappa shape index (κ1) is 11.3. The fourth-order valence-corrected chi connectivity index (χ4v) is 1.51. The molecule has 1 unspecified atom stereocenters. The molecule has 6 nitrogen and oxygen atoms in total. The third kappa shape index (κ3) is 2.87. The first-order valence-corrected chi connectivity index (χ1v) is 5.22. The zero-order valence-corrected chi connectivity index (χ0v) is 9.33. The van der Waals surface area contributed by atoms with E-state index in [-0.39, 0.29) is 11.8 Å². The molecule has 0 amide bonds. The number of carbonyl (C=O) groups is 1. The number of hydrogen-bond donors (Lipinski definition) is 2. The minimum absolute atomic E-state index is 0.0706. The summed E-state index contributed by atoms with van der Waals surface area (Å²) in [5, 5.41) is 15.9. The second-order valence-electron chi connectivity index (χ2n) is 3.74. The summed E-state index contributed by atoms with van der Waals surface area (Å²) in [6, 6.07) is 4.96. The number of anilines is 1. The van der Waals surface area contributed by atoms with Crippen molar-refractivity contribution in [3.05, 3.63) is 36.4 Å². The summed E-state index contributed by atoms with van der Waals surface area (Å²) < 4.78 is 6.88. The van der Waals surface area contributed by atoms with Gasteiger partial charge in [0.1, 0.15) is 0 Å². The second-order valence-corrected chi connectivity index (χ2v) is 3.74. The van der Waals surface area contributed by atoms with Gasteiger partial charge in [-0.15, -0.1) is 0 Å². The van der Waals surface area contributed by atoms with E-state index < -0.39 is 5.97 Å². The number of hydrogen-bond acceptors (Lipinski definition) is 4. The molecule has 0 saturated carbocycles. The number of carboxylic acids is 1. The Kier molecular flexibility index (Phi) is 3.13. The van der Waals surface area contributed by atoms with E-state index in [0.717, 1.165) is 0 Å². The number of aromatic carboxylic acids is 1. The predicted octanol–water partition coefficient (Wildman–Crippen LogP) is 1.67. The Morgan fingerprint density at radius 2 is 2.47 bits per heavy atom. The molecule has 0 spiro atoms. The van der Waals surface area contributed by atoms with Crippen LogP contribution in [-0.4, -0.2) is 26.9 Å². The Hall–Kier alpha value is -2.24. The van der Waals surface area contributed by atoms with Crippen LogP contribution in [0.4, 0.5) is 5.88 Å². The molecule has 0 bridgehead atoms. The SMILES string of the molecule is CC(Cn1cccn1)Nc1ccc(C(=O)O)o1. The van der Waals surface area contributed by atoms with Crippen LogP contribution in [0.1, 0.15) is 17.5 Å². The molecule has 90 valence electrons. The van der Waals surface area contributed by atoms with Crippen molar-refractivity contribution < 1.29 is 14.3 Å². The molecule has 0 aliphatic rings. The van der Waals surface area contributed by atoms with Crippen molar-refractivity contribution in [1.82, 2.24) is 9.78 Å². The summed E-state index contributed by atoms with van der Waals surface area (Å²) in [4.78, 5) is 10.6. The second kappa shape index (κ2) is 4.73. The van der Waals surface area contributed by atoms with Gasteiger partial charge in [-0.05, 0) is 19.1 Å². The van der Waals surface area contributed by atoms with Crippen molar-refractivity contribution in [2.45, 2.75) is 19.5 Å². The Morgan fingerprint density at radius 3 is 3.06 bits per heavy atom. The number of carboxylic acid groups (broad SMARTS) is 1. The zero-order chi connectivity index (χ0) is 12.3. The van der Waals surface area contributed by atoms with Gasteiger partial charge >= 0.3 is 5.97 Å². The molecular formula is C11H13N3O3. The molecular weight excluding hydrogens is 222 g/mol. The smallest absolute Gasteiger partial charge is 0.371 e. The molecule has 0 aliphatic carbocycles. The average Bonchev–Trinajstić information content (AvgIpc) is 2.88. The summed E-state index contributed by atoms with van der Waals surface area (Å²) in [6.07, 6.45) is 3.57. The largest absolute Gasteiger partial charge is 0.475 e. The highest BCUT2D eigenvalue weighted by Crippen LogP contribution is 2.14. The predicted molar refractivity (Wildman–Crippen MR) is 61.0 cm³/mol. The van der Waals surface area contributed by atoms with E-state index in [0.29, 0.717) is 12.4 Å².